The number of ether oxygens (including phenoxy) is 2. The molecule has 0 radical (unpaired) electrons. The van der Waals surface area contributed by atoms with Crippen LogP contribution in [0.2, 0.25) is 0 Å². The summed E-state index contributed by atoms with van der Waals surface area (Å²) in [6, 6.07) is 16.0. The first-order valence-corrected chi connectivity index (χ1v) is 12.7. The van der Waals surface area contributed by atoms with Crippen molar-refractivity contribution in [2.24, 2.45) is 0 Å². The highest BCUT2D eigenvalue weighted by Crippen LogP contribution is 2.32. The summed E-state index contributed by atoms with van der Waals surface area (Å²) < 4.78 is 65.1. The van der Waals surface area contributed by atoms with Crippen LogP contribution >= 0.6 is 11.3 Å². The van der Waals surface area contributed by atoms with E-state index >= 15 is 0 Å². The fraction of sp³-hybridized carbons (Fsp3) is 0.200. The molecule has 2 aromatic carbocycles. The number of benzene rings is 2. The van der Waals surface area contributed by atoms with Crippen molar-refractivity contribution in [3.05, 3.63) is 71.6 Å². The number of hydrogen-bond acceptors (Lipinski definition) is 7. The lowest BCUT2D eigenvalue weighted by Gasteiger charge is -2.19. The number of nitrogens with one attached hydrogen (secondary N) is 1. The molecule has 0 aliphatic rings. The second-order valence-corrected chi connectivity index (χ2v) is 11.3. The Labute approximate surface area is 180 Å². The Morgan fingerprint density at radius 3 is 2.27 bits per heavy atom. The molecule has 7 nitrogen and oxygen atoms in total. The molecule has 10 heteroatoms. The molecule has 3 aromatic rings. The van der Waals surface area contributed by atoms with Gasteiger partial charge in [-0.05, 0) is 29.1 Å². The second kappa shape index (κ2) is 9.17. The van der Waals surface area contributed by atoms with Gasteiger partial charge in [-0.3, -0.25) is 0 Å². The average molecular weight is 468 g/mol. The largest absolute Gasteiger partial charge is 0.497 e. The molecule has 0 aliphatic carbocycles. The Morgan fingerprint density at radius 1 is 0.933 bits per heavy atom. The summed E-state index contributed by atoms with van der Waals surface area (Å²) in [6.07, 6.45) is 0. The summed E-state index contributed by atoms with van der Waals surface area (Å²) in [5.41, 5.74) is 0.496. The molecule has 0 saturated carbocycles. The minimum absolute atomic E-state index is 0.0965. The molecule has 160 valence electrons. The van der Waals surface area contributed by atoms with Gasteiger partial charge < -0.3 is 9.47 Å². The molecule has 0 unspecified atom stereocenters. The van der Waals surface area contributed by atoms with Crippen LogP contribution in [0.4, 0.5) is 0 Å². The van der Waals surface area contributed by atoms with Crippen molar-refractivity contribution in [1.29, 1.82) is 0 Å². The number of sulfonamides is 1. The van der Waals surface area contributed by atoms with E-state index in [2.05, 4.69) is 4.72 Å². The van der Waals surface area contributed by atoms with Crippen LogP contribution in [0.15, 0.2) is 75.1 Å². The maximum atomic E-state index is 13.2. The van der Waals surface area contributed by atoms with Crippen LogP contribution in [-0.2, 0) is 19.9 Å². The maximum absolute atomic E-state index is 13.2. The first kappa shape index (κ1) is 22.3. The molecular weight excluding hydrogens is 446 g/mol. The molecule has 30 heavy (non-hydrogen) atoms. The van der Waals surface area contributed by atoms with Crippen molar-refractivity contribution in [2.75, 3.05) is 20.8 Å². The van der Waals surface area contributed by atoms with E-state index in [1.54, 1.807) is 41.8 Å². The lowest BCUT2D eigenvalue weighted by atomic mass is 10.1. The highest BCUT2D eigenvalue weighted by Gasteiger charge is 2.32. The topological polar surface area (TPSA) is 98.8 Å². The zero-order valence-electron chi connectivity index (χ0n) is 16.3. The summed E-state index contributed by atoms with van der Waals surface area (Å²) in [7, 11) is -5.04. The van der Waals surface area contributed by atoms with Gasteiger partial charge >= 0.3 is 0 Å². The second-order valence-electron chi connectivity index (χ2n) is 6.25. The summed E-state index contributed by atoms with van der Waals surface area (Å²) in [5.74, 6) is 0.535. The van der Waals surface area contributed by atoms with Crippen LogP contribution < -0.4 is 14.2 Å². The Morgan fingerprint density at radius 2 is 1.67 bits per heavy atom. The van der Waals surface area contributed by atoms with Gasteiger partial charge in [-0.15, -0.1) is 11.3 Å². The molecule has 1 aromatic heterocycles. The van der Waals surface area contributed by atoms with Gasteiger partial charge in [0, 0.05) is 12.6 Å². The zero-order valence-corrected chi connectivity index (χ0v) is 18.8. The number of hydrogen-bond donors (Lipinski definition) is 1. The standard InChI is InChI=1S/C20H21NO6S3/c1-26-16-10-11-18(17(13-16)27-2)30(24,25)21-14-19(15-7-4-3-5-8-15)29(22,23)20-9-6-12-28-20/h3-13,19,21H,14H2,1-2H3/t19-/m0/s1. The third-order valence-electron chi connectivity index (χ3n) is 4.44. The monoisotopic (exact) mass is 467 g/mol. The smallest absolute Gasteiger partial charge is 0.244 e. The molecule has 0 fully saturated rings. The molecule has 3 rings (SSSR count). The fourth-order valence-corrected chi connectivity index (χ4v) is 7.07. The summed E-state index contributed by atoms with van der Waals surface area (Å²) in [6.45, 7) is -0.332. The van der Waals surface area contributed by atoms with Crippen LogP contribution in [0, 0.1) is 0 Å². The Balaban J connectivity index is 1.95. The van der Waals surface area contributed by atoms with E-state index in [0.29, 0.717) is 11.3 Å². The number of rotatable bonds is 9. The van der Waals surface area contributed by atoms with Gasteiger partial charge in [0.05, 0.1) is 14.2 Å². The van der Waals surface area contributed by atoms with E-state index in [1.165, 1.54) is 38.5 Å². The van der Waals surface area contributed by atoms with E-state index in [1.807, 2.05) is 0 Å². The van der Waals surface area contributed by atoms with Crippen LogP contribution in [-0.4, -0.2) is 37.6 Å². The summed E-state index contributed by atoms with van der Waals surface area (Å²) in [4.78, 5) is -0.105. The molecule has 1 atom stereocenters. The lowest BCUT2D eigenvalue weighted by Crippen LogP contribution is -2.32. The van der Waals surface area contributed by atoms with Gasteiger partial charge in [0.1, 0.15) is 25.9 Å². The van der Waals surface area contributed by atoms with E-state index in [9.17, 15) is 16.8 Å². The first-order valence-electron chi connectivity index (χ1n) is 8.83. The van der Waals surface area contributed by atoms with Crippen molar-refractivity contribution < 1.29 is 26.3 Å². The molecule has 0 saturated heterocycles. The van der Waals surface area contributed by atoms with Crippen molar-refractivity contribution in [1.82, 2.24) is 4.72 Å². The quantitative estimate of drug-likeness (QED) is 0.519. The highest BCUT2D eigenvalue weighted by molar-refractivity contribution is 7.93. The van der Waals surface area contributed by atoms with Crippen LogP contribution in [0.5, 0.6) is 11.5 Å². The molecule has 1 N–H and O–H groups in total. The number of methoxy groups -OCH3 is 2. The molecule has 1 heterocycles. The summed E-state index contributed by atoms with van der Waals surface area (Å²) in [5, 5.41) is 0.581. The van der Waals surface area contributed by atoms with Gasteiger partial charge in [0.15, 0.2) is 9.84 Å². The SMILES string of the molecule is COc1ccc(S(=O)(=O)NC[C@@H](c2ccccc2)S(=O)(=O)c2cccs2)c(OC)c1. The maximum Gasteiger partial charge on any atom is 0.244 e. The molecule has 0 spiro atoms. The highest BCUT2D eigenvalue weighted by atomic mass is 32.2. The minimum atomic E-state index is -4.05. The van der Waals surface area contributed by atoms with Crippen molar-refractivity contribution >= 4 is 31.2 Å². The molecule has 0 amide bonds. The third kappa shape index (κ3) is 4.67. The van der Waals surface area contributed by atoms with Crippen molar-refractivity contribution in [3.8, 4) is 11.5 Å². The molecular formula is C20H21NO6S3. The van der Waals surface area contributed by atoms with E-state index in [0.717, 1.165) is 11.3 Å². The first-order chi connectivity index (χ1) is 14.3. The van der Waals surface area contributed by atoms with Crippen LogP contribution in [0.1, 0.15) is 10.8 Å². The normalized spacial score (nSPS) is 13.0. The van der Waals surface area contributed by atoms with Crippen molar-refractivity contribution in [3.63, 3.8) is 0 Å². The predicted octanol–water partition coefficient (Wildman–Crippen LogP) is 3.26. The van der Waals surface area contributed by atoms with E-state index < -0.39 is 25.1 Å². The molecule has 0 bridgehead atoms. The Kier molecular flexibility index (Phi) is 6.81. The lowest BCUT2D eigenvalue weighted by molar-refractivity contribution is 0.386. The fourth-order valence-electron chi connectivity index (χ4n) is 2.90. The Bertz CT molecular complexity index is 1190. The minimum Gasteiger partial charge on any atom is -0.497 e. The zero-order chi connectivity index (χ0) is 21.8. The third-order valence-corrected chi connectivity index (χ3v) is 9.44. The molecule has 0 aliphatic heterocycles. The van der Waals surface area contributed by atoms with Crippen LogP contribution in [0.25, 0.3) is 0 Å². The van der Waals surface area contributed by atoms with Gasteiger partial charge in [0.2, 0.25) is 10.0 Å². The van der Waals surface area contributed by atoms with E-state index in [4.69, 9.17) is 9.47 Å². The Hall–Kier alpha value is -2.40. The number of thiophene rings is 1. The van der Waals surface area contributed by atoms with Gasteiger partial charge in [-0.2, -0.15) is 0 Å². The van der Waals surface area contributed by atoms with Gasteiger partial charge in [0.25, 0.3) is 0 Å². The van der Waals surface area contributed by atoms with Gasteiger partial charge in [-0.1, -0.05) is 36.4 Å². The predicted molar refractivity (Wildman–Crippen MR) is 115 cm³/mol. The van der Waals surface area contributed by atoms with Crippen molar-refractivity contribution in [2.45, 2.75) is 14.4 Å². The number of sulfone groups is 1. The summed E-state index contributed by atoms with van der Waals surface area (Å²) >= 11 is 1.09. The van der Waals surface area contributed by atoms with Gasteiger partial charge in [-0.25, -0.2) is 21.6 Å². The van der Waals surface area contributed by atoms with Crippen LogP contribution in [0.3, 0.4) is 0 Å². The average Bonchev–Trinajstić information content (AvgIpc) is 3.30. The van der Waals surface area contributed by atoms with E-state index in [-0.39, 0.29) is 21.4 Å².